The Hall–Kier alpha value is -1.17. The third kappa shape index (κ3) is 1.14. The number of amides is 1. The number of terminal acetylenes is 1. The lowest BCUT2D eigenvalue weighted by Gasteiger charge is -2.04. The van der Waals surface area contributed by atoms with Gasteiger partial charge in [0.25, 0.3) is 0 Å². The Kier molecular flexibility index (Phi) is 1.10. The summed E-state index contributed by atoms with van der Waals surface area (Å²) < 4.78 is 4.60. The summed E-state index contributed by atoms with van der Waals surface area (Å²) in [6.07, 6.45) is 5.73. The third-order valence-corrected chi connectivity index (χ3v) is 1.26. The Bertz CT molecular complexity index is 176. The average Bonchev–Trinajstić information content (AvgIpc) is 2.48. The van der Waals surface area contributed by atoms with Gasteiger partial charge in [0.05, 0.1) is 0 Å². The van der Waals surface area contributed by atoms with Gasteiger partial charge in [-0.1, -0.05) is 5.92 Å². The maximum absolute atomic E-state index is 10.1. The van der Waals surface area contributed by atoms with Crippen LogP contribution in [0.2, 0.25) is 0 Å². The van der Waals surface area contributed by atoms with E-state index in [1.54, 1.807) is 0 Å². The summed E-state index contributed by atoms with van der Waals surface area (Å²) in [6, 6.07) is 0. The van der Waals surface area contributed by atoms with Crippen molar-refractivity contribution >= 4 is 6.09 Å². The van der Waals surface area contributed by atoms with Crippen LogP contribution in [-0.4, -0.2) is 11.7 Å². The Morgan fingerprint density at radius 1 is 1.78 bits per heavy atom. The zero-order valence-electron chi connectivity index (χ0n) is 4.89. The van der Waals surface area contributed by atoms with Crippen LogP contribution in [0.15, 0.2) is 0 Å². The molecule has 48 valence electrons. The standard InChI is InChI=1S/C6H7NO2/c1-2-6(3-4-6)9-5(7)8/h1H,3-4H2,(H2,7,8). The summed E-state index contributed by atoms with van der Waals surface area (Å²) >= 11 is 0. The van der Waals surface area contributed by atoms with Gasteiger partial charge in [-0.15, -0.1) is 6.42 Å². The summed E-state index contributed by atoms with van der Waals surface area (Å²) in [4.78, 5) is 10.1. The summed E-state index contributed by atoms with van der Waals surface area (Å²) in [5, 5.41) is 0. The van der Waals surface area contributed by atoms with Gasteiger partial charge >= 0.3 is 6.09 Å². The molecule has 3 heteroatoms. The molecule has 3 nitrogen and oxygen atoms in total. The number of primary amides is 1. The Labute approximate surface area is 53.2 Å². The molecule has 1 fully saturated rings. The van der Waals surface area contributed by atoms with Gasteiger partial charge in [-0.3, -0.25) is 0 Å². The van der Waals surface area contributed by atoms with Gasteiger partial charge in [0, 0.05) is 12.8 Å². The Morgan fingerprint density at radius 3 is 2.44 bits per heavy atom. The number of rotatable bonds is 1. The van der Waals surface area contributed by atoms with Crippen LogP contribution >= 0.6 is 0 Å². The van der Waals surface area contributed by atoms with Crippen molar-refractivity contribution in [3.63, 3.8) is 0 Å². The summed E-state index contributed by atoms with van der Waals surface area (Å²) in [5.41, 5.74) is 4.10. The fourth-order valence-corrected chi connectivity index (χ4v) is 0.582. The van der Waals surface area contributed by atoms with Gasteiger partial charge < -0.3 is 10.5 Å². The predicted octanol–water partition coefficient (Wildman–Crippen LogP) is 0.248. The zero-order valence-corrected chi connectivity index (χ0v) is 4.89. The molecule has 0 aromatic rings. The quantitative estimate of drug-likeness (QED) is 0.510. The van der Waals surface area contributed by atoms with E-state index in [2.05, 4.69) is 10.7 Å². The molecule has 0 aromatic heterocycles. The van der Waals surface area contributed by atoms with E-state index in [1.807, 2.05) is 0 Å². The Balaban J connectivity index is 2.45. The first-order valence-corrected chi connectivity index (χ1v) is 2.65. The van der Waals surface area contributed by atoms with Crippen molar-refractivity contribution in [1.29, 1.82) is 0 Å². The number of carbonyl (C=O) groups excluding carboxylic acids is 1. The van der Waals surface area contributed by atoms with Crippen LogP contribution in [-0.2, 0) is 4.74 Å². The smallest absolute Gasteiger partial charge is 0.406 e. The fourth-order valence-electron chi connectivity index (χ4n) is 0.582. The van der Waals surface area contributed by atoms with E-state index >= 15 is 0 Å². The first-order valence-electron chi connectivity index (χ1n) is 2.65. The van der Waals surface area contributed by atoms with E-state index in [0.29, 0.717) is 0 Å². The molecular formula is C6H7NO2. The molecule has 1 aliphatic carbocycles. The molecule has 0 unspecified atom stereocenters. The lowest BCUT2D eigenvalue weighted by molar-refractivity contribution is 0.122. The van der Waals surface area contributed by atoms with Gasteiger partial charge in [0.2, 0.25) is 0 Å². The maximum Gasteiger partial charge on any atom is 0.406 e. The van der Waals surface area contributed by atoms with Gasteiger partial charge in [-0.25, -0.2) is 4.79 Å². The number of hydrogen-bond acceptors (Lipinski definition) is 2. The lowest BCUT2D eigenvalue weighted by atomic mass is 10.4. The van der Waals surface area contributed by atoms with E-state index in [0.717, 1.165) is 12.8 Å². The SMILES string of the molecule is C#CC1(OC(N)=O)CC1. The van der Waals surface area contributed by atoms with Crippen molar-refractivity contribution in [2.75, 3.05) is 0 Å². The highest BCUT2D eigenvalue weighted by Crippen LogP contribution is 2.38. The van der Waals surface area contributed by atoms with Gasteiger partial charge in [-0.05, 0) is 0 Å². The Morgan fingerprint density at radius 2 is 2.33 bits per heavy atom. The summed E-state index contributed by atoms with van der Waals surface area (Å²) in [5.74, 6) is 2.36. The largest absolute Gasteiger partial charge is 0.430 e. The van der Waals surface area contributed by atoms with Gasteiger partial charge in [0.1, 0.15) is 0 Å². The second-order valence-electron chi connectivity index (χ2n) is 2.06. The first-order chi connectivity index (χ1) is 4.18. The molecule has 0 heterocycles. The highest BCUT2D eigenvalue weighted by molar-refractivity contribution is 5.66. The minimum Gasteiger partial charge on any atom is -0.430 e. The number of nitrogens with two attached hydrogens (primary N) is 1. The molecule has 1 saturated carbocycles. The molecule has 0 saturated heterocycles. The van der Waals surface area contributed by atoms with Crippen molar-refractivity contribution in [2.45, 2.75) is 18.4 Å². The number of hydrogen-bond donors (Lipinski definition) is 1. The van der Waals surface area contributed by atoms with Gasteiger partial charge in [-0.2, -0.15) is 0 Å². The van der Waals surface area contributed by atoms with Crippen molar-refractivity contribution in [3.05, 3.63) is 0 Å². The van der Waals surface area contributed by atoms with Crippen LogP contribution in [0, 0.1) is 12.3 Å². The van der Waals surface area contributed by atoms with Gasteiger partial charge in [0.15, 0.2) is 5.60 Å². The van der Waals surface area contributed by atoms with E-state index in [9.17, 15) is 4.79 Å². The second kappa shape index (κ2) is 1.66. The number of carbonyl (C=O) groups is 1. The van der Waals surface area contributed by atoms with Crippen LogP contribution in [0.1, 0.15) is 12.8 Å². The molecule has 0 atom stereocenters. The average molecular weight is 125 g/mol. The molecule has 2 N–H and O–H groups in total. The molecule has 1 amide bonds. The topological polar surface area (TPSA) is 52.3 Å². The summed E-state index contributed by atoms with van der Waals surface area (Å²) in [7, 11) is 0. The number of ether oxygens (including phenoxy) is 1. The lowest BCUT2D eigenvalue weighted by Crippen LogP contribution is -2.22. The van der Waals surface area contributed by atoms with Crippen molar-refractivity contribution in [3.8, 4) is 12.3 Å². The summed E-state index contributed by atoms with van der Waals surface area (Å²) in [6.45, 7) is 0. The minimum absolute atomic E-state index is 0.633. The molecule has 1 rings (SSSR count). The molecule has 1 aliphatic rings. The van der Waals surface area contributed by atoms with Crippen molar-refractivity contribution in [2.24, 2.45) is 5.73 Å². The van der Waals surface area contributed by atoms with E-state index in [4.69, 9.17) is 12.2 Å². The van der Waals surface area contributed by atoms with E-state index in [-0.39, 0.29) is 0 Å². The minimum atomic E-state index is -0.787. The van der Waals surface area contributed by atoms with Crippen LogP contribution < -0.4 is 5.73 Å². The second-order valence-corrected chi connectivity index (χ2v) is 2.06. The zero-order chi connectivity index (χ0) is 6.91. The van der Waals surface area contributed by atoms with Crippen LogP contribution in [0.5, 0.6) is 0 Å². The first kappa shape index (κ1) is 5.96. The highest BCUT2D eigenvalue weighted by Gasteiger charge is 2.44. The molecule has 9 heavy (non-hydrogen) atoms. The molecule has 0 aromatic carbocycles. The predicted molar refractivity (Wildman–Crippen MR) is 31.5 cm³/mol. The highest BCUT2D eigenvalue weighted by atomic mass is 16.6. The van der Waals surface area contributed by atoms with Crippen molar-refractivity contribution in [1.82, 2.24) is 0 Å². The third-order valence-electron chi connectivity index (χ3n) is 1.26. The molecule has 0 aliphatic heterocycles. The fraction of sp³-hybridized carbons (Fsp3) is 0.500. The van der Waals surface area contributed by atoms with Crippen LogP contribution in [0.25, 0.3) is 0 Å². The maximum atomic E-state index is 10.1. The van der Waals surface area contributed by atoms with Crippen LogP contribution in [0.3, 0.4) is 0 Å². The molecule has 0 spiro atoms. The van der Waals surface area contributed by atoms with Crippen LogP contribution in [0.4, 0.5) is 4.79 Å². The molecular weight excluding hydrogens is 118 g/mol. The van der Waals surface area contributed by atoms with E-state index < -0.39 is 11.7 Å². The molecule has 0 radical (unpaired) electrons. The van der Waals surface area contributed by atoms with Crippen molar-refractivity contribution < 1.29 is 9.53 Å². The van der Waals surface area contributed by atoms with E-state index in [1.165, 1.54) is 0 Å². The normalized spacial score (nSPS) is 19.9. The molecule has 0 bridgehead atoms. The monoisotopic (exact) mass is 125 g/mol.